The fourth-order valence-corrected chi connectivity index (χ4v) is 2.84. The van der Waals surface area contributed by atoms with E-state index in [-0.39, 0.29) is 9.77 Å². The molecule has 1 aromatic rings. The third kappa shape index (κ3) is 3.30. The number of carbonyl (C=O) groups is 2. The zero-order valence-electron chi connectivity index (χ0n) is 10.1. The highest BCUT2D eigenvalue weighted by Crippen LogP contribution is 2.20. The molecule has 0 aliphatic carbocycles. The summed E-state index contributed by atoms with van der Waals surface area (Å²) in [4.78, 5) is 22.6. The molecule has 8 heteroatoms. The highest BCUT2D eigenvalue weighted by Gasteiger charge is 2.29. The third-order valence-corrected chi connectivity index (χ3v) is 4.93. The van der Waals surface area contributed by atoms with E-state index in [9.17, 15) is 18.0 Å². The summed E-state index contributed by atoms with van der Waals surface area (Å²) in [7, 11) is -3.35. The van der Waals surface area contributed by atoms with Gasteiger partial charge in [-0.2, -0.15) is 0 Å². The summed E-state index contributed by atoms with van der Waals surface area (Å²) in [5.74, 6) is -1.79. The predicted octanol–water partition coefficient (Wildman–Crippen LogP) is 0.745. The van der Waals surface area contributed by atoms with Gasteiger partial charge >= 0.3 is 5.97 Å². The van der Waals surface area contributed by atoms with Crippen LogP contribution in [0.2, 0.25) is 0 Å². The Bertz CT molecular complexity index is 585. The molecule has 1 heterocycles. The molecule has 1 aromatic heterocycles. The molecule has 0 saturated carbocycles. The van der Waals surface area contributed by atoms with Crippen LogP contribution in [0.1, 0.15) is 24.2 Å². The van der Waals surface area contributed by atoms with Crippen LogP contribution in [-0.4, -0.2) is 37.2 Å². The van der Waals surface area contributed by atoms with Crippen LogP contribution >= 0.6 is 11.3 Å². The molecule has 0 atom stereocenters. The highest BCUT2D eigenvalue weighted by molar-refractivity contribution is 7.92. The van der Waals surface area contributed by atoms with Crippen molar-refractivity contribution < 1.29 is 23.1 Å². The second kappa shape index (κ2) is 4.69. The Morgan fingerprint density at radius 2 is 1.94 bits per heavy atom. The third-order valence-electron chi connectivity index (χ3n) is 2.16. The van der Waals surface area contributed by atoms with Crippen LogP contribution in [0, 0.1) is 0 Å². The van der Waals surface area contributed by atoms with E-state index in [0.29, 0.717) is 0 Å². The number of hydrogen-bond donors (Lipinski definition) is 2. The smallest absolute Gasteiger partial charge is 0.328 e. The number of nitrogens with one attached hydrogen (secondary N) is 1. The van der Waals surface area contributed by atoms with Crippen LogP contribution in [0.4, 0.5) is 0 Å². The lowest BCUT2D eigenvalue weighted by molar-refractivity contribution is -0.143. The SMILES string of the molecule is CC(C)(NC(=O)c1csc(S(C)(=O)=O)c1)C(=O)O. The van der Waals surface area contributed by atoms with Crippen molar-refractivity contribution in [1.29, 1.82) is 0 Å². The van der Waals surface area contributed by atoms with Crippen LogP contribution in [0.25, 0.3) is 0 Å². The van der Waals surface area contributed by atoms with E-state index >= 15 is 0 Å². The molecule has 0 spiro atoms. The van der Waals surface area contributed by atoms with E-state index in [1.165, 1.54) is 25.3 Å². The van der Waals surface area contributed by atoms with Crippen molar-refractivity contribution in [3.05, 3.63) is 17.0 Å². The zero-order chi connectivity index (χ0) is 14.1. The number of carboxylic acid groups (broad SMARTS) is 1. The molecule has 2 N–H and O–H groups in total. The van der Waals surface area contributed by atoms with Crippen molar-refractivity contribution in [2.45, 2.75) is 23.6 Å². The number of amides is 1. The second-order valence-electron chi connectivity index (χ2n) is 4.31. The Kier molecular flexibility index (Phi) is 3.82. The fourth-order valence-electron chi connectivity index (χ4n) is 1.04. The molecule has 0 aliphatic rings. The Hall–Kier alpha value is -1.41. The van der Waals surface area contributed by atoms with Crippen LogP contribution in [0.15, 0.2) is 15.7 Å². The maximum absolute atomic E-state index is 11.7. The van der Waals surface area contributed by atoms with Crippen LogP contribution in [0.3, 0.4) is 0 Å². The van der Waals surface area contributed by atoms with Gasteiger partial charge in [-0.25, -0.2) is 13.2 Å². The summed E-state index contributed by atoms with van der Waals surface area (Å²) in [6.07, 6.45) is 1.04. The van der Waals surface area contributed by atoms with E-state index in [4.69, 9.17) is 5.11 Å². The first-order valence-electron chi connectivity index (χ1n) is 4.88. The summed E-state index contributed by atoms with van der Waals surface area (Å²) >= 11 is 0.923. The van der Waals surface area contributed by atoms with Gasteiger partial charge in [0.2, 0.25) is 0 Å². The second-order valence-corrected chi connectivity index (χ2v) is 7.46. The molecule has 1 rings (SSSR count). The molecule has 0 radical (unpaired) electrons. The predicted molar refractivity (Wildman–Crippen MR) is 66.6 cm³/mol. The zero-order valence-corrected chi connectivity index (χ0v) is 11.7. The van der Waals surface area contributed by atoms with Gasteiger partial charge in [-0.3, -0.25) is 4.79 Å². The van der Waals surface area contributed by atoms with Gasteiger partial charge in [0.05, 0.1) is 5.56 Å². The standard InChI is InChI=1S/C10H13NO5S2/c1-10(2,9(13)14)11-8(12)6-4-7(17-5-6)18(3,15)16/h4-5H,1-3H3,(H,11,12)(H,13,14). The topological polar surface area (TPSA) is 101 Å². The quantitative estimate of drug-likeness (QED) is 0.852. The van der Waals surface area contributed by atoms with Crippen molar-refractivity contribution in [3.63, 3.8) is 0 Å². The van der Waals surface area contributed by atoms with Crippen LogP contribution in [0.5, 0.6) is 0 Å². The molecule has 6 nitrogen and oxygen atoms in total. The molecule has 0 unspecified atom stereocenters. The summed E-state index contributed by atoms with van der Waals surface area (Å²) in [6.45, 7) is 2.69. The number of rotatable bonds is 4. The van der Waals surface area contributed by atoms with Gasteiger partial charge in [-0.05, 0) is 19.9 Å². The molecule has 1 amide bonds. The van der Waals surface area contributed by atoms with Gasteiger partial charge in [-0.1, -0.05) is 0 Å². The lowest BCUT2D eigenvalue weighted by Gasteiger charge is -2.20. The number of aliphatic carboxylic acids is 1. The molecule has 18 heavy (non-hydrogen) atoms. The maximum Gasteiger partial charge on any atom is 0.328 e. The molecule has 100 valence electrons. The van der Waals surface area contributed by atoms with Crippen LogP contribution < -0.4 is 5.32 Å². The minimum absolute atomic E-state index is 0.0702. The minimum atomic E-state index is -3.35. The molecule has 0 bridgehead atoms. The van der Waals surface area contributed by atoms with E-state index in [0.717, 1.165) is 17.6 Å². The summed E-state index contributed by atoms with van der Waals surface area (Å²) in [6, 6.07) is 1.23. The Labute approximate surface area is 109 Å². The van der Waals surface area contributed by atoms with Crippen molar-refractivity contribution in [2.24, 2.45) is 0 Å². The van der Waals surface area contributed by atoms with E-state index < -0.39 is 27.3 Å². The number of hydrogen-bond acceptors (Lipinski definition) is 5. The van der Waals surface area contributed by atoms with Gasteiger partial charge in [-0.15, -0.1) is 11.3 Å². The van der Waals surface area contributed by atoms with Gasteiger partial charge in [0.15, 0.2) is 9.84 Å². The molecular formula is C10H13NO5S2. The van der Waals surface area contributed by atoms with Gasteiger partial charge in [0, 0.05) is 11.6 Å². The first kappa shape index (κ1) is 14.7. The Morgan fingerprint density at radius 3 is 2.33 bits per heavy atom. The van der Waals surface area contributed by atoms with Crippen molar-refractivity contribution >= 4 is 33.1 Å². The normalized spacial score (nSPS) is 12.2. The summed E-state index contributed by atoms with van der Waals surface area (Å²) in [5, 5.41) is 12.6. The van der Waals surface area contributed by atoms with E-state index in [2.05, 4.69) is 5.32 Å². The molecule has 0 saturated heterocycles. The number of carboxylic acids is 1. The average molecular weight is 291 g/mol. The Morgan fingerprint density at radius 1 is 1.39 bits per heavy atom. The van der Waals surface area contributed by atoms with E-state index in [1.807, 2.05) is 0 Å². The minimum Gasteiger partial charge on any atom is -0.480 e. The molecule has 0 fully saturated rings. The molecular weight excluding hydrogens is 278 g/mol. The van der Waals surface area contributed by atoms with Crippen molar-refractivity contribution in [3.8, 4) is 0 Å². The van der Waals surface area contributed by atoms with Gasteiger partial charge in [0.1, 0.15) is 9.75 Å². The van der Waals surface area contributed by atoms with Crippen molar-refractivity contribution in [1.82, 2.24) is 5.32 Å². The molecule has 0 aromatic carbocycles. The van der Waals surface area contributed by atoms with Crippen LogP contribution in [-0.2, 0) is 14.6 Å². The van der Waals surface area contributed by atoms with Crippen molar-refractivity contribution in [2.75, 3.05) is 6.26 Å². The largest absolute Gasteiger partial charge is 0.480 e. The highest BCUT2D eigenvalue weighted by atomic mass is 32.2. The molecule has 0 aliphatic heterocycles. The number of thiophene rings is 1. The van der Waals surface area contributed by atoms with Gasteiger partial charge in [0.25, 0.3) is 5.91 Å². The summed E-state index contributed by atoms with van der Waals surface area (Å²) < 4.78 is 22.6. The fraction of sp³-hybridized carbons (Fsp3) is 0.400. The summed E-state index contributed by atoms with van der Waals surface area (Å²) in [5.41, 5.74) is -1.28. The average Bonchev–Trinajstić information content (AvgIpc) is 2.64. The lowest BCUT2D eigenvalue weighted by Crippen LogP contribution is -2.49. The first-order valence-corrected chi connectivity index (χ1v) is 7.65. The number of sulfone groups is 1. The van der Waals surface area contributed by atoms with Gasteiger partial charge < -0.3 is 10.4 Å². The Balaban J connectivity index is 2.94. The maximum atomic E-state index is 11.7. The first-order chi connectivity index (χ1) is 8.04. The number of carbonyl (C=O) groups excluding carboxylic acids is 1. The monoisotopic (exact) mass is 291 g/mol. The lowest BCUT2D eigenvalue weighted by atomic mass is 10.1. The van der Waals surface area contributed by atoms with E-state index in [1.54, 1.807) is 0 Å².